The Morgan fingerprint density at radius 3 is 2.79 bits per heavy atom. The summed E-state index contributed by atoms with van der Waals surface area (Å²) in [5, 5.41) is 0.874. The van der Waals surface area contributed by atoms with Crippen LogP contribution in [-0.4, -0.2) is 29.9 Å². The molecule has 19 heavy (non-hydrogen) atoms. The number of hydrogen-bond donors (Lipinski definition) is 1. The van der Waals surface area contributed by atoms with Gasteiger partial charge in [0.05, 0.1) is 10.0 Å². The molecule has 0 unspecified atom stereocenters. The van der Waals surface area contributed by atoms with E-state index < -0.39 is 0 Å². The minimum absolute atomic E-state index is 0.00363. The quantitative estimate of drug-likeness (QED) is 0.912. The van der Waals surface area contributed by atoms with Gasteiger partial charge in [0.15, 0.2) is 0 Å². The number of amides is 1. The zero-order valence-corrected chi connectivity index (χ0v) is 12.4. The van der Waals surface area contributed by atoms with E-state index in [9.17, 15) is 4.79 Å². The zero-order chi connectivity index (χ0) is 14.0. The van der Waals surface area contributed by atoms with Gasteiger partial charge in [0.2, 0.25) is 0 Å². The summed E-state index contributed by atoms with van der Waals surface area (Å²) in [6, 6.07) is 5.11. The van der Waals surface area contributed by atoms with Crippen molar-refractivity contribution in [1.29, 1.82) is 0 Å². The molecule has 2 N–H and O–H groups in total. The fourth-order valence-electron chi connectivity index (χ4n) is 2.44. The van der Waals surface area contributed by atoms with Gasteiger partial charge in [-0.25, -0.2) is 0 Å². The Morgan fingerprint density at radius 1 is 1.42 bits per heavy atom. The van der Waals surface area contributed by atoms with Crippen LogP contribution in [0.15, 0.2) is 18.2 Å². The van der Waals surface area contributed by atoms with Crippen LogP contribution in [0.3, 0.4) is 0 Å². The van der Waals surface area contributed by atoms with Crippen molar-refractivity contribution in [2.45, 2.75) is 25.8 Å². The maximum atomic E-state index is 12.4. The van der Waals surface area contributed by atoms with Crippen molar-refractivity contribution in [3.8, 4) is 0 Å². The number of likely N-dealkylation sites (tertiary alicyclic amines) is 1. The molecule has 1 aliphatic rings. The molecule has 0 spiro atoms. The molecular formula is C14H18Cl2N2O. The Labute approximate surface area is 123 Å². The standard InChI is InChI=1S/C14H18Cl2N2O/c1-9(17)11-3-2-6-18(8-11)14(19)10-4-5-12(15)13(16)7-10/h4-5,7,9,11H,2-3,6,8,17H2,1H3/t9-,11+/m0/s1. The molecule has 1 aromatic rings. The number of nitrogens with zero attached hydrogens (tertiary/aromatic N) is 1. The molecule has 0 aliphatic carbocycles. The lowest BCUT2D eigenvalue weighted by Gasteiger charge is -2.34. The maximum Gasteiger partial charge on any atom is 0.253 e. The predicted molar refractivity (Wildman–Crippen MR) is 78.7 cm³/mol. The molecular weight excluding hydrogens is 283 g/mol. The minimum atomic E-state index is 0.00363. The van der Waals surface area contributed by atoms with E-state index in [4.69, 9.17) is 28.9 Å². The number of nitrogens with two attached hydrogens (primary N) is 1. The van der Waals surface area contributed by atoms with Crippen molar-refractivity contribution in [3.63, 3.8) is 0 Å². The van der Waals surface area contributed by atoms with Crippen LogP contribution in [-0.2, 0) is 0 Å². The van der Waals surface area contributed by atoms with Gasteiger partial charge < -0.3 is 10.6 Å². The number of carbonyl (C=O) groups is 1. The molecule has 0 bridgehead atoms. The van der Waals surface area contributed by atoms with E-state index in [-0.39, 0.29) is 11.9 Å². The first-order valence-electron chi connectivity index (χ1n) is 6.49. The van der Waals surface area contributed by atoms with Gasteiger partial charge in [-0.15, -0.1) is 0 Å². The minimum Gasteiger partial charge on any atom is -0.338 e. The number of hydrogen-bond acceptors (Lipinski definition) is 2. The molecule has 104 valence electrons. The molecule has 0 aromatic heterocycles. The number of carbonyl (C=O) groups excluding carboxylic acids is 1. The van der Waals surface area contributed by atoms with Crippen molar-refractivity contribution in [3.05, 3.63) is 33.8 Å². The first-order valence-corrected chi connectivity index (χ1v) is 7.24. The SMILES string of the molecule is C[C@H](N)[C@@H]1CCCN(C(=O)c2ccc(Cl)c(Cl)c2)C1. The van der Waals surface area contributed by atoms with E-state index >= 15 is 0 Å². The fraction of sp³-hybridized carbons (Fsp3) is 0.500. The summed E-state index contributed by atoms with van der Waals surface area (Å²) >= 11 is 11.8. The summed E-state index contributed by atoms with van der Waals surface area (Å²) in [4.78, 5) is 14.3. The highest BCUT2D eigenvalue weighted by atomic mass is 35.5. The molecule has 1 aromatic carbocycles. The average molecular weight is 301 g/mol. The highest BCUT2D eigenvalue weighted by Crippen LogP contribution is 2.25. The van der Waals surface area contributed by atoms with Gasteiger partial charge in [0.25, 0.3) is 5.91 Å². The third-order valence-electron chi connectivity index (χ3n) is 3.66. The molecule has 1 fully saturated rings. The van der Waals surface area contributed by atoms with Crippen molar-refractivity contribution in [1.82, 2.24) is 4.90 Å². The van der Waals surface area contributed by atoms with Gasteiger partial charge in [0, 0.05) is 24.7 Å². The van der Waals surface area contributed by atoms with E-state index in [2.05, 4.69) is 0 Å². The van der Waals surface area contributed by atoms with E-state index in [1.165, 1.54) is 0 Å². The molecule has 1 aliphatic heterocycles. The second-order valence-electron chi connectivity index (χ2n) is 5.14. The van der Waals surface area contributed by atoms with Gasteiger partial charge in [-0.3, -0.25) is 4.79 Å². The number of rotatable bonds is 2. The van der Waals surface area contributed by atoms with Crippen LogP contribution in [0.5, 0.6) is 0 Å². The highest BCUT2D eigenvalue weighted by Gasteiger charge is 2.26. The van der Waals surface area contributed by atoms with Crippen molar-refractivity contribution in [2.24, 2.45) is 11.7 Å². The zero-order valence-electron chi connectivity index (χ0n) is 10.9. The van der Waals surface area contributed by atoms with E-state index in [1.807, 2.05) is 11.8 Å². The van der Waals surface area contributed by atoms with Gasteiger partial charge in [-0.1, -0.05) is 23.2 Å². The van der Waals surface area contributed by atoms with E-state index in [0.717, 1.165) is 25.9 Å². The van der Waals surface area contributed by atoms with Crippen molar-refractivity contribution in [2.75, 3.05) is 13.1 Å². The van der Waals surface area contributed by atoms with Gasteiger partial charge >= 0.3 is 0 Å². The largest absolute Gasteiger partial charge is 0.338 e. The van der Waals surface area contributed by atoms with Crippen LogP contribution in [0.25, 0.3) is 0 Å². The predicted octanol–water partition coefficient (Wildman–Crippen LogP) is 3.19. The summed E-state index contributed by atoms with van der Waals surface area (Å²) in [5.74, 6) is 0.379. The van der Waals surface area contributed by atoms with Gasteiger partial charge in [0.1, 0.15) is 0 Å². The van der Waals surface area contributed by atoms with Crippen molar-refractivity contribution >= 4 is 29.1 Å². The van der Waals surface area contributed by atoms with Crippen LogP contribution in [0.2, 0.25) is 10.0 Å². The fourth-order valence-corrected chi connectivity index (χ4v) is 2.73. The molecule has 1 amide bonds. The topological polar surface area (TPSA) is 46.3 Å². The lowest BCUT2D eigenvalue weighted by atomic mass is 9.92. The molecule has 2 rings (SSSR count). The summed E-state index contributed by atoms with van der Waals surface area (Å²) in [5.41, 5.74) is 6.52. The molecule has 0 saturated carbocycles. The second-order valence-corrected chi connectivity index (χ2v) is 5.96. The number of halogens is 2. The van der Waals surface area contributed by atoms with E-state index in [1.54, 1.807) is 18.2 Å². The monoisotopic (exact) mass is 300 g/mol. The molecule has 2 atom stereocenters. The van der Waals surface area contributed by atoms with E-state index in [0.29, 0.717) is 21.5 Å². The molecule has 1 saturated heterocycles. The van der Waals surface area contributed by atoms with Crippen LogP contribution in [0.4, 0.5) is 0 Å². The van der Waals surface area contributed by atoms with Gasteiger partial charge in [-0.05, 0) is 43.9 Å². The third-order valence-corrected chi connectivity index (χ3v) is 4.39. The van der Waals surface area contributed by atoms with Gasteiger partial charge in [-0.2, -0.15) is 0 Å². The Kier molecular flexibility index (Phi) is 4.71. The number of benzene rings is 1. The summed E-state index contributed by atoms with van der Waals surface area (Å²) in [6.07, 6.45) is 2.09. The van der Waals surface area contributed by atoms with Crippen molar-refractivity contribution < 1.29 is 4.79 Å². The lowest BCUT2D eigenvalue weighted by Crippen LogP contribution is -2.45. The highest BCUT2D eigenvalue weighted by molar-refractivity contribution is 6.42. The Balaban J connectivity index is 2.12. The Hall–Kier alpha value is -0.770. The summed E-state index contributed by atoms with van der Waals surface area (Å²) in [7, 11) is 0. The molecule has 3 nitrogen and oxygen atoms in total. The van der Waals surface area contributed by atoms with Crippen LogP contribution < -0.4 is 5.73 Å². The normalized spacial score (nSPS) is 21.3. The second kappa shape index (κ2) is 6.12. The molecule has 1 heterocycles. The average Bonchev–Trinajstić information content (AvgIpc) is 2.41. The summed E-state index contributed by atoms with van der Waals surface area (Å²) < 4.78 is 0. The third kappa shape index (κ3) is 3.41. The van der Waals surface area contributed by atoms with Crippen LogP contribution in [0, 0.1) is 5.92 Å². The Morgan fingerprint density at radius 2 is 2.16 bits per heavy atom. The smallest absolute Gasteiger partial charge is 0.253 e. The molecule has 5 heteroatoms. The first kappa shape index (κ1) is 14.6. The molecule has 0 radical (unpaired) electrons. The van der Waals surface area contributed by atoms with Crippen LogP contribution in [0.1, 0.15) is 30.1 Å². The maximum absolute atomic E-state index is 12.4. The number of piperidine rings is 1. The van der Waals surface area contributed by atoms with Crippen LogP contribution >= 0.6 is 23.2 Å². The first-order chi connectivity index (χ1) is 8.99. The summed E-state index contributed by atoms with van der Waals surface area (Å²) in [6.45, 7) is 3.50. The Bertz CT molecular complexity index is 477. The lowest BCUT2D eigenvalue weighted by molar-refractivity contribution is 0.0661.